The van der Waals surface area contributed by atoms with Crippen molar-refractivity contribution in [2.45, 2.75) is 38.0 Å². The largest absolute Gasteiger partial charge is 0.284 e. The Morgan fingerprint density at radius 1 is 1.15 bits per heavy atom. The van der Waals surface area contributed by atoms with E-state index in [9.17, 15) is 4.79 Å². The van der Waals surface area contributed by atoms with E-state index in [1.54, 1.807) is 11.1 Å². The third-order valence-corrected chi connectivity index (χ3v) is 6.01. The minimum absolute atomic E-state index is 0.0599. The van der Waals surface area contributed by atoms with Crippen LogP contribution in [0.4, 0.5) is 0 Å². The molecule has 0 aromatic heterocycles. The summed E-state index contributed by atoms with van der Waals surface area (Å²) in [7, 11) is 0. The first-order valence-electron chi connectivity index (χ1n) is 9.06. The lowest BCUT2D eigenvalue weighted by atomic mass is 10.1. The highest BCUT2D eigenvalue weighted by atomic mass is 79.9. The minimum Gasteiger partial charge on any atom is -0.284 e. The number of thioether (sulfide) groups is 1. The summed E-state index contributed by atoms with van der Waals surface area (Å²) in [6, 6.07) is 17.9. The number of amidine groups is 1. The highest BCUT2D eigenvalue weighted by Gasteiger charge is 2.37. The van der Waals surface area contributed by atoms with Crippen LogP contribution in [0, 0.1) is 0 Å². The van der Waals surface area contributed by atoms with Gasteiger partial charge < -0.3 is 0 Å². The molecule has 2 aromatic rings. The summed E-state index contributed by atoms with van der Waals surface area (Å²) in [6.07, 6.45) is 4.71. The molecule has 27 heavy (non-hydrogen) atoms. The molecule has 0 saturated carbocycles. The molecule has 1 saturated heterocycles. The van der Waals surface area contributed by atoms with E-state index in [4.69, 9.17) is 0 Å². The van der Waals surface area contributed by atoms with Gasteiger partial charge in [-0.3, -0.25) is 9.69 Å². The van der Waals surface area contributed by atoms with Gasteiger partial charge in [0, 0.05) is 4.47 Å². The van der Waals surface area contributed by atoms with Gasteiger partial charge in [-0.25, -0.2) is 0 Å². The van der Waals surface area contributed by atoms with Crippen molar-refractivity contribution in [3.05, 3.63) is 70.2 Å². The van der Waals surface area contributed by atoms with E-state index < -0.39 is 0 Å². The molecular weight excluding hydrogens is 422 g/mol. The Morgan fingerprint density at radius 3 is 2.59 bits per heavy atom. The van der Waals surface area contributed by atoms with Gasteiger partial charge in [0.2, 0.25) is 5.91 Å². The lowest BCUT2D eigenvalue weighted by Crippen LogP contribution is -2.31. The number of unbranched alkanes of at least 4 members (excludes halogenated alkanes) is 1. The lowest BCUT2D eigenvalue weighted by molar-refractivity contribution is -0.126. The van der Waals surface area contributed by atoms with Crippen molar-refractivity contribution in [2.75, 3.05) is 0 Å². The maximum Gasteiger partial charge on any atom is 0.242 e. The molecule has 1 aliphatic heterocycles. The molecule has 0 N–H and O–H groups in total. The third-order valence-electron chi connectivity index (χ3n) is 4.24. The predicted octanol–water partition coefficient (Wildman–Crippen LogP) is 5.47. The zero-order valence-corrected chi connectivity index (χ0v) is 17.6. The number of benzene rings is 2. The average molecular weight is 444 g/mol. The number of rotatable bonds is 7. The summed E-state index contributed by atoms with van der Waals surface area (Å²) in [4.78, 5) is 14.6. The van der Waals surface area contributed by atoms with E-state index in [-0.39, 0.29) is 11.2 Å². The van der Waals surface area contributed by atoms with E-state index in [0.717, 1.165) is 34.9 Å². The fraction of sp³-hybridized carbons (Fsp3) is 0.286. The molecule has 1 atom stereocenters. The first-order chi connectivity index (χ1) is 13.2. The maximum atomic E-state index is 12.9. The van der Waals surface area contributed by atoms with Gasteiger partial charge in [0.25, 0.3) is 0 Å². The van der Waals surface area contributed by atoms with Crippen molar-refractivity contribution in [2.24, 2.45) is 10.2 Å². The van der Waals surface area contributed by atoms with Crippen molar-refractivity contribution in [3.63, 3.8) is 0 Å². The van der Waals surface area contributed by atoms with Crippen LogP contribution >= 0.6 is 27.7 Å². The molecule has 1 amide bonds. The van der Waals surface area contributed by atoms with Crippen LogP contribution in [0.5, 0.6) is 0 Å². The second-order valence-corrected chi connectivity index (χ2v) is 8.42. The number of carbonyl (C=O) groups excluding carboxylic acids is 1. The summed E-state index contributed by atoms with van der Waals surface area (Å²) in [5, 5.41) is 9.22. The Kier molecular flexibility index (Phi) is 7.24. The van der Waals surface area contributed by atoms with Crippen molar-refractivity contribution >= 4 is 45.0 Å². The second-order valence-electron chi connectivity index (χ2n) is 6.34. The van der Waals surface area contributed by atoms with Gasteiger partial charge in [0.05, 0.1) is 18.0 Å². The van der Waals surface area contributed by atoms with Gasteiger partial charge in [-0.15, -0.1) is 5.10 Å². The third kappa shape index (κ3) is 5.53. The highest BCUT2D eigenvalue weighted by Crippen LogP contribution is 2.32. The number of amides is 1. The standard InChI is InChI=1S/C21H22BrN3OS/c1-2-3-9-19-20(26)25(15-17-7-5-4-6-8-17)21(27-19)24-23-14-16-10-12-18(22)13-11-16/h4-8,10-14,19H,2-3,9,15H2,1H3/b23-14+,24-21-. The molecule has 0 spiro atoms. The van der Waals surface area contributed by atoms with Crippen LogP contribution in [-0.4, -0.2) is 27.4 Å². The fourth-order valence-corrected chi connectivity index (χ4v) is 4.17. The van der Waals surface area contributed by atoms with Gasteiger partial charge in [-0.2, -0.15) is 5.10 Å². The zero-order valence-electron chi connectivity index (χ0n) is 15.2. The van der Waals surface area contributed by atoms with Crippen LogP contribution < -0.4 is 0 Å². The molecule has 1 aliphatic rings. The monoisotopic (exact) mass is 443 g/mol. The smallest absolute Gasteiger partial charge is 0.242 e. The molecule has 3 rings (SSSR count). The van der Waals surface area contributed by atoms with Crippen LogP contribution in [0.15, 0.2) is 69.3 Å². The zero-order chi connectivity index (χ0) is 19.1. The van der Waals surface area contributed by atoms with Crippen LogP contribution in [0.1, 0.15) is 37.3 Å². The lowest BCUT2D eigenvalue weighted by Gasteiger charge is -2.15. The van der Waals surface area contributed by atoms with Crippen molar-refractivity contribution in [1.82, 2.24) is 4.90 Å². The quantitative estimate of drug-likeness (QED) is 0.420. The molecule has 4 nitrogen and oxygen atoms in total. The maximum absolute atomic E-state index is 12.9. The Bertz CT molecular complexity index is 821. The van der Waals surface area contributed by atoms with Gasteiger partial charge in [0.1, 0.15) is 0 Å². The van der Waals surface area contributed by atoms with Crippen LogP contribution in [0.3, 0.4) is 0 Å². The summed E-state index contributed by atoms with van der Waals surface area (Å²) in [6.45, 7) is 2.67. The number of hydrogen-bond donors (Lipinski definition) is 0. The van der Waals surface area contributed by atoms with Crippen LogP contribution in [-0.2, 0) is 11.3 Å². The van der Waals surface area contributed by atoms with E-state index in [1.165, 1.54) is 11.8 Å². The van der Waals surface area contributed by atoms with Gasteiger partial charge in [-0.05, 0) is 29.7 Å². The van der Waals surface area contributed by atoms with Gasteiger partial charge in [0.15, 0.2) is 5.17 Å². The topological polar surface area (TPSA) is 45.0 Å². The molecule has 1 heterocycles. The van der Waals surface area contributed by atoms with Crippen molar-refractivity contribution < 1.29 is 4.79 Å². The fourth-order valence-electron chi connectivity index (χ4n) is 2.76. The van der Waals surface area contributed by atoms with Crippen LogP contribution in [0.2, 0.25) is 0 Å². The number of hydrogen-bond acceptors (Lipinski definition) is 4. The molecular formula is C21H22BrN3OS. The average Bonchev–Trinajstić information content (AvgIpc) is 2.98. The number of nitrogens with zero attached hydrogens (tertiary/aromatic N) is 3. The molecule has 140 valence electrons. The SMILES string of the molecule is CCCCC1S/C(=N\N=C\c2ccc(Br)cc2)N(Cc2ccccc2)C1=O. The van der Waals surface area contributed by atoms with Crippen molar-refractivity contribution in [3.8, 4) is 0 Å². The predicted molar refractivity (Wildman–Crippen MR) is 117 cm³/mol. The Hall–Kier alpha value is -1.92. The van der Waals surface area contributed by atoms with E-state index in [2.05, 4.69) is 33.1 Å². The number of carbonyl (C=O) groups is 1. The molecule has 1 fully saturated rings. The molecule has 6 heteroatoms. The molecule has 0 bridgehead atoms. The van der Waals surface area contributed by atoms with Crippen LogP contribution in [0.25, 0.3) is 0 Å². The number of halogens is 1. The summed E-state index contributed by atoms with van der Waals surface area (Å²) in [5.74, 6) is 0.134. The summed E-state index contributed by atoms with van der Waals surface area (Å²) >= 11 is 4.95. The highest BCUT2D eigenvalue weighted by molar-refractivity contribution is 9.10. The first kappa shape index (κ1) is 19.8. The van der Waals surface area contributed by atoms with Crippen molar-refractivity contribution in [1.29, 1.82) is 0 Å². The molecule has 1 unspecified atom stereocenters. The molecule has 2 aromatic carbocycles. The summed E-state index contributed by atoms with van der Waals surface area (Å²) in [5.41, 5.74) is 2.06. The van der Waals surface area contributed by atoms with E-state index in [1.807, 2.05) is 54.6 Å². The van der Waals surface area contributed by atoms with Gasteiger partial charge in [-0.1, -0.05) is 89.9 Å². The Labute approximate surface area is 172 Å². The summed E-state index contributed by atoms with van der Waals surface area (Å²) < 4.78 is 1.02. The molecule has 0 aliphatic carbocycles. The Morgan fingerprint density at radius 2 is 1.89 bits per heavy atom. The minimum atomic E-state index is -0.0599. The van der Waals surface area contributed by atoms with Gasteiger partial charge >= 0.3 is 0 Å². The Balaban J connectivity index is 1.77. The van der Waals surface area contributed by atoms with E-state index >= 15 is 0 Å². The normalized spacial score (nSPS) is 18.7. The second kappa shape index (κ2) is 9.85. The van der Waals surface area contributed by atoms with E-state index in [0.29, 0.717) is 11.7 Å². The molecule has 0 radical (unpaired) electrons. The first-order valence-corrected chi connectivity index (χ1v) is 10.7.